The van der Waals surface area contributed by atoms with Crippen LogP contribution in [0.3, 0.4) is 0 Å². The molecule has 0 saturated heterocycles. The van der Waals surface area contributed by atoms with Crippen LogP contribution in [0.5, 0.6) is 0 Å². The molecule has 2 rings (SSSR count). The van der Waals surface area contributed by atoms with Crippen LogP contribution in [0.15, 0.2) is 42.5 Å². The second-order valence-electron chi connectivity index (χ2n) is 4.58. The molecule has 2 nitrogen and oxygen atoms in total. The van der Waals surface area contributed by atoms with Crippen molar-refractivity contribution in [2.24, 2.45) is 0 Å². The summed E-state index contributed by atoms with van der Waals surface area (Å²) in [6, 6.07) is 12.2. The molecule has 0 heterocycles. The van der Waals surface area contributed by atoms with Gasteiger partial charge in [0.2, 0.25) is 0 Å². The Labute approximate surface area is 117 Å². The number of para-hydroxylation sites is 1. The van der Waals surface area contributed by atoms with E-state index in [1.54, 1.807) is 18.2 Å². The summed E-state index contributed by atoms with van der Waals surface area (Å²) in [7, 11) is 0. The zero-order valence-electron chi connectivity index (χ0n) is 10.7. The molecule has 0 aliphatic rings. The van der Waals surface area contributed by atoms with E-state index in [0.717, 1.165) is 17.7 Å². The van der Waals surface area contributed by atoms with Crippen LogP contribution in [0.1, 0.15) is 12.5 Å². The quantitative estimate of drug-likeness (QED) is 0.826. The Kier molecular flexibility index (Phi) is 4.27. The van der Waals surface area contributed by atoms with Gasteiger partial charge in [-0.2, -0.15) is 0 Å². The first kappa shape index (κ1) is 13.7. The fraction of sp³-hybridized carbons (Fsp3) is 0.200. The molecule has 2 aromatic carbocycles. The largest absolute Gasteiger partial charge is 0.396 e. The molecule has 0 aliphatic carbocycles. The number of nitrogen functional groups attached to an aromatic ring is 1. The Morgan fingerprint density at radius 1 is 1.21 bits per heavy atom. The lowest BCUT2D eigenvalue weighted by atomic mass is 10.1. The van der Waals surface area contributed by atoms with Crippen molar-refractivity contribution < 1.29 is 4.39 Å². The van der Waals surface area contributed by atoms with E-state index < -0.39 is 0 Å². The van der Waals surface area contributed by atoms with Crippen LogP contribution in [0.4, 0.5) is 15.8 Å². The second-order valence-corrected chi connectivity index (χ2v) is 4.98. The third kappa shape index (κ3) is 3.61. The minimum Gasteiger partial charge on any atom is -0.396 e. The standard InChI is InChI=1S/C15H16ClFN2/c1-10(9-11-5-7-12(17)8-6-11)19-14-4-2-3-13(16)15(14)18/h2-8,10,19H,9,18H2,1H3. The van der Waals surface area contributed by atoms with Gasteiger partial charge in [0.1, 0.15) is 5.82 Å². The highest BCUT2D eigenvalue weighted by Gasteiger charge is 2.07. The minimum absolute atomic E-state index is 0.172. The van der Waals surface area contributed by atoms with Crippen molar-refractivity contribution in [3.05, 3.63) is 58.9 Å². The van der Waals surface area contributed by atoms with Crippen LogP contribution < -0.4 is 11.1 Å². The second kappa shape index (κ2) is 5.93. The van der Waals surface area contributed by atoms with Gasteiger partial charge in [0, 0.05) is 6.04 Å². The fourth-order valence-corrected chi connectivity index (χ4v) is 2.13. The summed E-state index contributed by atoms with van der Waals surface area (Å²) in [6.45, 7) is 2.05. The number of hydrogen-bond donors (Lipinski definition) is 2. The van der Waals surface area contributed by atoms with E-state index in [1.165, 1.54) is 12.1 Å². The normalized spacial score (nSPS) is 12.2. The van der Waals surface area contributed by atoms with Gasteiger partial charge in [-0.15, -0.1) is 0 Å². The maximum absolute atomic E-state index is 12.8. The lowest BCUT2D eigenvalue weighted by Gasteiger charge is -2.17. The van der Waals surface area contributed by atoms with Crippen LogP contribution in [-0.2, 0) is 6.42 Å². The van der Waals surface area contributed by atoms with E-state index in [1.807, 2.05) is 19.1 Å². The van der Waals surface area contributed by atoms with Gasteiger partial charge in [0.05, 0.1) is 16.4 Å². The Balaban J connectivity index is 2.03. The Hall–Kier alpha value is -1.74. The molecule has 3 N–H and O–H groups in total. The number of benzene rings is 2. The van der Waals surface area contributed by atoms with Gasteiger partial charge in [-0.25, -0.2) is 4.39 Å². The van der Waals surface area contributed by atoms with Crippen molar-refractivity contribution in [3.8, 4) is 0 Å². The first-order valence-electron chi connectivity index (χ1n) is 6.11. The van der Waals surface area contributed by atoms with Crippen molar-refractivity contribution in [1.82, 2.24) is 0 Å². The Morgan fingerprint density at radius 2 is 1.89 bits per heavy atom. The molecular formula is C15H16ClFN2. The topological polar surface area (TPSA) is 38.0 Å². The zero-order valence-corrected chi connectivity index (χ0v) is 11.4. The van der Waals surface area contributed by atoms with E-state index in [2.05, 4.69) is 5.32 Å². The molecule has 1 unspecified atom stereocenters. The van der Waals surface area contributed by atoms with Gasteiger partial charge in [0.25, 0.3) is 0 Å². The highest BCUT2D eigenvalue weighted by molar-refractivity contribution is 6.33. The van der Waals surface area contributed by atoms with Crippen molar-refractivity contribution in [2.45, 2.75) is 19.4 Å². The maximum atomic E-state index is 12.8. The predicted octanol–water partition coefficient (Wildman–Crippen LogP) is 4.10. The molecule has 4 heteroatoms. The van der Waals surface area contributed by atoms with Crippen molar-refractivity contribution in [2.75, 3.05) is 11.1 Å². The summed E-state index contributed by atoms with van der Waals surface area (Å²) in [5.74, 6) is -0.219. The van der Waals surface area contributed by atoms with Crippen LogP contribution in [0.25, 0.3) is 0 Å². The average molecular weight is 279 g/mol. The molecular weight excluding hydrogens is 263 g/mol. The number of anilines is 2. The number of rotatable bonds is 4. The molecule has 2 aromatic rings. The van der Waals surface area contributed by atoms with Crippen molar-refractivity contribution in [1.29, 1.82) is 0 Å². The van der Waals surface area contributed by atoms with Gasteiger partial charge in [-0.3, -0.25) is 0 Å². The molecule has 0 fully saturated rings. The van der Waals surface area contributed by atoms with Crippen LogP contribution in [-0.4, -0.2) is 6.04 Å². The molecule has 0 saturated carbocycles. The molecule has 100 valence electrons. The van der Waals surface area contributed by atoms with Gasteiger partial charge in [0.15, 0.2) is 0 Å². The molecule has 19 heavy (non-hydrogen) atoms. The average Bonchev–Trinajstić information content (AvgIpc) is 2.38. The van der Waals surface area contributed by atoms with Gasteiger partial charge < -0.3 is 11.1 Å². The van der Waals surface area contributed by atoms with E-state index in [4.69, 9.17) is 17.3 Å². The van der Waals surface area contributed by atoms with Crippen LogP contribution in [0, 0.1) is 5.82 Å². The molecule has 0 aromatic heterocycles. The van der Waals surface area contributed by atoms with E-state index in [0.29, 0.717) is 10.7 Å². The third-order valence-electron chi connectivity index (χ3n) is 2.91. The predicted molar refractivity (Wildman–Crippen MR) is 79.1 cm³/mol. The maximum Gasteiger partial charge on any atom is 0.123 e. The number of halogens is 2. The van der Waals surface area contributed by atoms with Crippen LogP contribution >= 0.6 is 11.6 Å². The van der Waals surface area contributed by atoms with Crippen LogP contribution in [0.2, 0.25) is 5.02 Å². The molecule has 0 radical (unpaired) electrons. The first-order valence-corrected chi connectivity index (χ1v) is 6.49. The van der Waals surface area contributed by atoms with E-state index in [9.17, 15) is 4.39 Å². The Bertz CT molecular complexity index is 555. The summed E-state index contributed by atoms with van der Waals surface area (Å²) >= 11 is 5.97. The van der Waals surface area contributed by atoms with Crippen molar-refractivity contribution in [3.63, 3.8) is 0 Å². The number of nitrogens with two attached hydrogens (primary N) is 1. The summed E-state index contributed by atoms with van der Waals surface area (Å²) in [4.78, 5) is 0. The third-order valence-corrected chi connectivity index (χ3v) is 3.24. The fourth-order valence-electron chi connectivity index (χ4n) is 1.95. The first-order chi connectivity index (χ1) is 9.06. The van der Waals surface area contributed by atoms with E-state index >= 15 is 0 Å². The summed E-state index contributed by atoms with van der Waals surface area (Å²) < 4.78 is 12.8. The summed E-state index contributed by atoms with van der Waals surface area (Å²) in [6.07, 6.45) is 0.784. The zero-order chi connectivity index (χ0) is 13.8. The van der Waals surface area contributed by atoms with Gasteiger partial charge in [-0.1, -0.05) is 29.8 Å². The SMILES string of the molecule is CC(Cc1ccc(F)cc1)Nc1cccc(Cl)c1N. The minimum atomic E-state index is -0.219. The molecule has 0 amide bonds. The van der Waals surface area contributed by atoms with Crippen molar-refractivity contribution >= 4 is 23.0 Å². The lowest BCUT2D eigenvalue weighted by Crippen LogP contribution is -2.19. The van der Waals surface area contributed by atoms with Gasteiger partial charge in [-0.05, 0) is 43.2 Å². The molecule has 0 aliphatic heterocycles. The highest BCUT2D eigenvalue weighted by Crippen LogP contribution is 2.27. The Morgan fingerprint density at radius 3 is 2.58 bits per heavy atom. The molecule has 0 bridgehead atoms. The lowest BCUT2D eigenvalue weighted by molar-refractivity contribution is 0.626. The smallest absolute Gasteiger partial charge is 0.123 e. The summed E-state index contributed by atoms with van der Waals surface area (Å²) in [5.41, 5.74) is 8.34. The van der Waals surface area contributed by atoms with E-state index in [-0.39, 0.29) is 11.9 Å². The molecule has 0 spiro atoms. The van der Waals surface area contributed by atoms with Gasteiger partial charge >= 0.3 is 0 Å². The highest BCUT2D eigenvalue weighted by atomic mass is 35.5. The number of nitrogens with one attached hydrogen (secondary N) is 1. The summed E-state index contributed by atoms with van der Waals surface area (Å²) in [5, 5.41) is 3.85. The monoisotopic (exact) mass is 278 g/mol. The number of hydrogen-bond acceptors (Lipinski definition) is 2. The molecule has 1 atom stereocenters.